The molecule has 0 bridgehead atoms. The van der Waals surface area contributed by atoms with Crippen LogP contribution in [-0.2, 0) is 11.0 Å². The molecule has 1 amide bonds. The molecule has 0 spiro atoms. The van der Waals surface area contributed by atoms with E-state index in [0.717, 1.165) is 37.1 Å². The van der Waals surface area contributed by atoms with Crippen molar-refractivity contribution in [1.29, 1.82) is 0 Å². The summed E-state index contributed by atoms with van der Waals surface area (Å²) in [5.41, 5.74) is -0.497. The van der Waals surface area contributed by atoms with Gasteiger partial charge in [0.1, 0.15) is 11.6 Å². The maximum Gasteiger partial charge on any atom is 0.420 e. The zero-order chi connectivity index (χ0) is 31.1. The normalized spacial score (nSPS) is 17.3. The molecule has 226 valence electrons. The number of ether oxygens (including phenoxy) is 1. The van der Waals surface area contributed by atoms with Crippen LogP contribution in [0.25, 0.3) is 22.4 Å². The molecule has 0 atom stereocenters. The first-order chi connectivity index (χ1) is 20.3. The number of halogens is 4. The van der Waals surface area contributed by atoms with Gasteiger partial charge in [-0.1, -0.05) is 19.1 Å². The van der Waals surface area contributed by atoms with Crippen molar-refractivity contribution in [1.82, 2.24) is 9.97 Å². The van der Waals surface area contributed by atoms with Gasteiger partial charge in [0.05, 0.1) is 27.8 Å². The summed E-state index contributed by atoms with van der Waals surface area (Å²) >= 11 is 0. The number of H-pyrrole nitrogens is 1. The molecule has 5 rings (SSSR count). The Labute approximate surface area is 245 Å². The largest absolute Gasteiger partial charge is 0.478 e. The summed E-state index contributed by atoms with van der Waals surface area (Å²) in [6.07, 6.45) is -1.90. The summed E-state index contributed by atoms with van der Waals surface area (Å²) in [7, 11) is 0. The smallest absolute Gasteiger partial charge is 0.420 e. The van der Waals surface area contributed by atoms with Crippen LogP contribution in [0, 0.1) is 17.7 Å². The van der Waals surface area contributed by atoms with Gasteiger partial charge in [0.2, 0.25) is 5.91 Å². The lowest BCUT2D eigenvalue weighted by Crippen LogP contribution is -2.43. The third-order valence-electron chi connectivity index (χ3n) is 7.83. The van der Waals surface area contributed by atoms with Crippen LogP contribution in [0.2, 0.25) is 0 Å². The van der Waals surface area contributed by atoms with Gasteiger partial charge in [-0.05, 0) is 75.8 Å². The Morgan fingerprint density at radius 2 is 1.72 bits per heavy atom. The number of anilines is 1. The number of carboxylic acid groups (broad SMARTS) is 1. The lowest BCUT2D eigenvalue weighted by molar-refractivity contribution is -0.138. The fraction of sp³-hybridized carbons (Fsp3) is 0.344. The Bertz CT molecular complexity index is 1640. The van der Waals surface area contributed by atoms with Gasteiger partial charge in [0, 0.05) is 29.7 Å². The summed E-state index contributed by atoms with van der Waals surface area (Å²) in [4.78, 5) is 34.4. The summed E-state index contributed by atoms with van der Waals surface area (Å²) in [6.45, 7) is 5.49. The molecule has 2 N–H and O–H groups in total. The predicted octanol–water partition coefficient (Wildman–Crippen LogP) is 8.45. The van der Waals surface area contributed by atoms with E-state index in [9.17, 15) is 27.9 Å². The first-order valence-electron chi connectivity index (χ1n) is 14.1. The number of aromatic nitrogens is 2. The van der Waals surface area contributed by atoms with Crippen LogP contribution in [0.15, 0.2) is 54.6 Å². The molecular formula is C32H31F4N3O4. The average molecular weight is 598 g/mol. The summed E-state index contributed by atoms with van der Waals surface area (Å²) in [5, 5.41) is 10.0. The van der Waals surface area contributed by atoms with Crippen molar-refractivity contribution < 1.29 is 37.0 Å². The van der Waals surface area contributed by atoms with Crippen molar-refractivity contribution in [2.24, 2.45) is 11.8 Å². The number of benzene rings is 3. The number of para-hydroxylation sites is 2. The number of rotatable bonds is 7. The first-order valence-corrected chi connectivity index (χ1v) is 14.1. The number of hydrogen-bond donors (Lipinski definition) is 2. The Hall–Kier alpha value is -4.41. The molecule has 4 aromatic rings. The number of imidazole rings is 1. The Kier molecular flexibility index (Phi) is 8.18. The second kappa shape index (κ2) is 11.7. The maximum atomic E-state index is 15.5. The van der Waals surface area contributed by atoms with E-state index in [4.69, 9.17) is 4.74 Å². The maximum absolute atomic E-state index is 15.5. The van der Waals surface area contributed by atoms with E-state index < -0.39 is 46.6 Å². The average Bonchev–Trinajstić information content (AvgIpc) is 3.38. The van der Waals surface area contributed by atoms with Crippen LogP contribution in [0.5, 0.6) is 11.5 Å². The number of carboxylic acids is 1. The van der Waals surface area contributed by atoms with Crippen LogP contribution >= 0.6 is 0 Å². The SMILES string of the molecule is CC1CCC(C(=O)N(c2cc(F)c(Oc3ccc(-c4nc5ccccc5[nH]4)cc3C(F)(F)F)cc2C(=O)O)C(C)C)CC1. The molecule has 0 radical (unpaired) electrons. The minimum Gasteiger partial charge on any atom is -0.478 e. The molecule has 1 saturated carbocycles. The van der Waals surface area contributed by atoms with Crippen LogP contribution in [0.3, 0.4) is 0 Å². The highest BCUT2D eigenvalue weighted by Crippen LogP contribution is 2.42. The molecule has 3 aromatic carbocycles. The summed E-state index contributed by atoms with van der Waals surface area (Å²) in [6, 6.07) is 11.4. The van der Waals surface area contributed by atoms with E-state index in [-0.39, 0.29) is 28.9 Å². The van der Waals surface area contributed by atoms with Crippen molar-refractivity contribution in [3.05, 3.63) is 71.5 Å². The zero-order valence-electron chi connectivity index (χ0n) is 23.8. The van der Waals surface area contributed by atoms with E-state index in [1.54, 1.807) is 38.1 Å². The van der Waals surface area contributed by atoms with Gasteiger partial charge >= 0.3 is 12.1 Å². The molecule has 7 nitrogen and oxygen atoms in total. The molecule has 1 heterocycles. The molecule has 1 aliphatic carbocycles. The van der Waals surface area contributed by atoms with Crippen molar-refractivity contribution in [2.45, 2.75) is 58.7 Å². The number of nitrogens with zero attached hydrogens (tertiary/aromatic N) is 2. The lowest BCUT2D eigenvalue weighted by Gasteiger charge is -2.34. The van der Waals surface area contributed by atoms with E-state index in [0.29, 0.717) is 29.8 Å². The predicted molar refractivity (Wildman–Crippen MR) is 154 cm³/mol. The van der Waals surface area contributed by atoms with Crippen LogP contribution < -0.4 is 9.64 Å². The van der Waals surface area contributed by atoms with E-state index in [1.807, 2.05) is 0 Å². The Morgan fingerprint density at radius 1 is 1.02 bits per heavy atom. The number of nitrogens with one attached hydrogen (secondary N) is 1. The fourth-order valence-electron chi connectivity index (χ4n) is 5.54. The van der Waals surface area contributed by atoms with Crippen LogP contribution in [0.4, 0.5) is 23.2 Å². The summed E-state index contributed by atoms with van der Waals surface area (Å²) < 4.78 is 63.4. The van der Waals surface area contributed by atoms with Gasteiger partial charge in [0.25, 0.3) is 0 Å². The molecule has 43 heavy (non-hydrogen) atoms. The standard InChI is InChI=1S/C32H31F4N3O4/c1-17(2)39(30(40)19-10-8-18(3)9-11-19)26-16-23(33)28(15-21(26)31(41)42)43-27-13-12-20(14-22(27)32(34,35)36)29-37-24-6-4-5-7-25(24)38-29/h4-7,12-19H,8-11H2,1-3H3,(H,37,38)(H,41,42). The van der Waals surface area contributed by atoms with E-state index >= 15 is 4.39 Å². The van der Waals surface area contributed by atoms with Gasteiger partial charge in [-0.25, -0.2) is 14.2 Å². The molecule has 0 saturated heterocycles. The second-order valence-electron chi connectivity index (χ2n) is 11.3. The zero-order valence-corrected chi connectivity index (χ0v) is 23.8. The number of aromatic carboxylic acids is 1. The third-order valence-corrected chi connectivity index (χ3v) is 7.83. The van der Waals surface area contributed by atoms with Crippen molar-refractivity contribution >= 4 is 28.6 Å². The van der Waals surface area contributed by atoms with E-state index in [2.05, 4.69) is 16.9 Å². The highest BCUT2D eigenvalue weighted by molar-refractivity contribution is 6.03. The van der Waals surface area contributed by atoms with E-state index in [1.165, 1.54) is 11.0 Å². The van der Waals surface area contributed by atoms with Crippen molar-refractivity contribution in [3.63, 3.8) is 0 Å². The summed E-state index contributed by atoms with van der Waals surface area (Å²) in [5.74, 6) is -3.98. The molecule has 11 heteroatoms. The first kappa shape index (κ1) is 30.1. The molecule has 1 aromatic heterocycles. The van der Waals surface area contributed by atoms with Gasteiger partial charge < -0.3 is 19.7 Å². The van der Waals surface area contributed by atoms with Gasteiger partial charge in [-0.15, -0.1) is 0 Å². The fourth-order valence-corrected chi connectivity index (χ4v) is 5.54. The molecule has 0 unspecified atom stereocenters. The number of aromatic amines is 1. The minimum absolute atomic E-state index is 0.126. The molecule has 1 fully saturated rings. The van der Waals surface area contributed by atoms with Gasteiger partial charge in [-0.3, -0.25) is 4.79 Å². The van der Waals surface area contributed by atoms with Gasteiger partial charge in [-0.2, -0.15) is 13.2 Å². The topological polar surface area (TPSA) is 95.5 Å². The lowest BCUT2D eigenvalue weighted by atomic mass is 9.82. The van der Waals surface area contributed by atoms with Crippen molar-refractivity contribution in [2.75, 3.05) is 4.90 Å². The Morgan fingerprint density at radius 3 is 2.35 bits per heavy atom. The number of amides is 1. The molecule has 0 aliphatic heterocycles. The van der Waals surface area contributed by atoms with Crippen LogP contribution in [-0.4, -0.2) is 33.0 Å². The minimum atomic E-state index is -4.89. The van der Waals surface area contributed by atoms with Gasteiger partial charge in [0.15, 0.2) is 11.6 Å². The number of carbonyl (C=O) groups excluding carboxylic acids is 1. The number of carbonyl (C=O) groups is 2. The monoisotopic (exact) mass is 597 g/mol. The molecule has 1 aliphatic rings. The third kappa shape index (κ3) is 6.21. The number of hydrogen-bond acceptors (Lipinski definition) is 4. The Balaban J connectivity index is 1.51. The highest BCUT2D eigenvalue weighted by Gasteiger charge is 2.36. The number of alkyl halides is 3. The van der Waals surface area contributed by atoms with Crippen LogP contribution in [0.1, 0.15) is 62.4 Å². The quantitative estimate of drug-likeness (QED) is 0.209. The van der Waals surface area contributed by atoms with Crippen molar-refractivity contribution in [3.8, 4) is 22.9 Å². The number of fused-ring (bicyclic) bond motifs is 1. The second-order valence-corrected chi connectivity index (χ2v) is 11.3. The molecular weight excluding hydrogens is 566 g/mol. The highest BCUT2D eigenvalue weighted by atomic mass is 19.4.